The summed E-state index contributed by atoms with van der Waals surface area (Å²) in [7, 11) is 1.69. The third kappa shape index (κ3) is 5.02. The zero-order valence-electron chi connectivity index (χ0n) is 10.3. The van der Waals surface area contributed by atoms with E-state index in [1.807, 2.05) is 0 Å². The second-order valence-corrected chi connectivity index (χ2v) is 4.46. The molecule has 0 aliphatic rings. The summed E-state index contributed by atoms with van der Waals surface area (Å²) in [6.07, 6.45) is 2.14. The maximum atomic E-state index is 12.9. The monoisotopic (exact) mass is 259 g/mol. The summed E-state index contributed by atoms with van der Waals surface area (Å²) in [5.41, 5.74) is 0.908. The molecule has 0 bridgehead atoms. The quantitative estimate of drug-likeness (QED) is 0.811. The van der Waals surface area contributed by atoms with Crippen LogP contribution in [0.15, 0.2) is 18.2 Å². The zero-order chi connectivity index (χ0) is 12.7. The van der Waals surface area contributed by atoms with Crippen LogP contribution in [-0.2, 0) is 11.3 Å². The lowest BCUT2D eigenvalue weighted by Gasteiger charge is -2.17. The van der Waals surface area contributed by atoms with Crippen molar-refractivity contribution in [3.05, 3.63) is 34.6 Å². The van der Waals surface area contributed by atoms with Gasteiger partial charge in [-0.15, -0.1) is 0 Å². The number of rotatable bonds is 7. The molecule has 0 spiro atoms. The van der Waals surface area contributed by atoms with Crippen molar-refractivity contribution in [2.45, 2.75) is 32.4 Å². The third-order valence-corrected chi connectivity index (χ3v) is 2.95. The van der Waals surface area contributed by atoms with Crippen LogP contribution in [0.3, 0.4) is 0 Å². The van der Waals surface area contributed by atoms with Crippen molar-refractivity contribution >= 4 is 11.6 Å². The average Bonchev–Trinajstić information content (AvgIpc) is 2.28. The van der Waals surface area contributed by atoms with Gasteiger partial charge in [0.05, 0.1) is 6.61 Å². The van der Waals surface area contributed by atoms with Crippen LogP contribution in [0.2, 0.25) is 5.02 Å². The third-order valence-electron chi connectivity index (χ3n) is 2.60. The molecule has 0 saturated heterocycles. The molecule has 0 radical (unpaired) electrons. The first-order valence-electron chi connectivity index (χ1n) is 5.83. The van der Waals surface area contributed by atoms with Gasteiger partial charge in [0.25, 0.3) is 0 Å². The van der Waals surface area contributed by atoms with Gasteiger partial charge < -0.3 is 10.1 Å². The van der Waals surface area contributed by atoms with Gasteiger partial charge in [-0.3, -0.25) is 0 Å². The fourth-order valence-electron chi connectivity index (χ4n) is 1.71. The second kappa shape index (κ2) is 7.64. The second-order valence-electron chi connectivity index (χ2n) is 4.06. The molecule has 0 aliphatic carbocycles. The molecule has 4 heteroatoms. The van der Waals surface area contributed by atoms with Crippen LogP contribution in [0, 0.1) is 5.82 Å². The van der Waals surface area contributed by atoms with Crippen LogP contribution in [0.1, 0.15) is 25.3 Å². The summed E-state index contributed by atoms with van der Waals surface area (Å²) in [4.78, 5) is 0. The highest BCUT2D eigenvalue weighted by Gasteiger charge is 2.08. The van der Waals surface area contributed by atoms with E-state index < -0.39 is 0 Å². The summed E-state index contributed by atoms with van der Waals surface area (Å²) in [6.45, 7) is 3.44. The van der Waals surface area contributed by atoms with Crippen molar-refractivity contribution in [2.75, 3.05) is 13.7 Å². The lowest BCUT2D eigenvalue weighted by molar-refractivity contribution is 0.161. The molecule has 17 heavy (non-hydrogen) atoms. The molecule has 1 aromatic carbocycles. The molecular formula is C13H19ClFNO. The summed E-state index contributed by atoms with van der Waals surface area (Å²) >= 11 is 5.96. The Labute approximate surface area is 107 Å². The maximum absolute atomic E-state index is 12.9. The predicted molar refractivity (Wildman–Crippen MR) is 68.8 cm³/mol. The van der Waals surface area contributed by atoms with Crippen LogP contribution >= 0.6 is 11.6 Å². The SMILES string of the molecule is CCCC(COC)NCc1ccc(F)cc1Cl. The molecule has 1 rings (SSSR count). The van der Waals surface area contributed by atoms with Crippen LogP contribution in [0.4, 0.5) is 4.39 Å². The highest BCUT2D eigenvalue weighted by atomic mass is 35.5. The fourth-order valence-corrected chi connectivity index (χ4v) is 1.95. The van der Waals surface area contributed by atoms with Crippen molar-refractivity contribution in [3.8, 4) is 0 Å². The number of hydrogen-bond acceptors (Lipinski definition) is 2. The summed E-state index contributed by atoms with van der Waals surface area (Å²) in [5, 5.41) is 3.83. The van der Waals surface area contributed by atoms with Gasteiger partial charge in [-0.2, -0.15) is 0 Å². The van der Waals surface area contributed by atoms with Crippen molar-refractivity contribution in [1.29, 1.82) is 0 Å². The largest absolute Gasteiger partial charge is 0.383 e. The molecule has 0 saturated carbocycles. The van der Waals surface area contributed by atoms with Gasteiger partial charge in [-0.25, -0.2) is 4.39 Å². The minimum atomic E-state index is -0.305. The Kier molecular flexibility index (Phi) is 6.48. The molecule has 1 atom stereocenters. The Balaban J connectivity index is 2.52. The highest BCUT2D eigenvalue weighted by molar-refractivity contribution is 6.31. The van der Waals surface area contributed by atoms with E-state index in [1.54, 1.807) is 13.2 Å². The summed E-state index contributed by atoms with van der Waals surface area (Å²) in [6, 6.07) is 4.78. The van der Waals surface area contributed by atoms with Crippen molar-refractivity contribution < 1.29 is 9.13 Å². The number of nitrogens with one attached hydrogen (secondary N) is 1. The Morgan fingerprint density at radius 2 is 2.24 bits per heavy atom. The van der Waals surface area contributed by atoms with Crippen LogP contribution < -0.4 is 5.32 Å². The number of methoxy groups -OCH3 is 1. The average molecular weight is 260 g/mol. The summed E-state index contributed by atoms with van der Waals surface area (Å²) in [5.74, 6) is -0.305. The van der Waals surface area contributed by atoms with Crippen LogP contribution in [0.25, 0.3) is 0 Å². The van der Waals surface area contributed by atoms with E-state index in [1.165, 1.54) is 12.1 Å². The van der Waals surface area contributed by atoms with Crippen LogP contribution in [0.5, 0.6) is 0 Å². The number of halogens is 2. The van der Waals surface area contributed by atoms with Crippen LogP contribution in [-0.4, -0.2) is 19.8 Å². The molecule has 2 nitrogen and oxygen atoms in total. The standard InChI is InChI=1S/C13H19ClFNO/c1-3-4-12(9-17-2)16-8-10-5-6-11(15)7-13(10)14/h5-7,12,16H,3-4,8-9H2,1-2H3. The maximum Gasteiger partial charge on any atom is 0.124 e. The summed E-state index contributed by atoms with van der Waals surface area (Å²) < 4.78 is 18.0. The van der Waals surface area contributed by atoms with Crippen molar-refractivity contribution in [1.82, 2.24) is 5.32 Å². The van der Waals surface area contributed by atoms with Gasteiger partial charge in [0.1, 0.15) is 5.82 Å². The normalized spacial score (nSPS) is 12.7. The van der Waals surface area contributed by atoms with Gasteiger partial charge in [0, 0.05) is 24.7 Å². The minimum Gasteiger partial charge on any atom is -0.383 e. The molecule has 1 N–H and O–H groups in total. The van der Waals surface area contributed by atoms with E-state index in [2.05, 4.69) is 12.2 Å². The molecule has 0 aliphatic heterocycles. The topological polar surface area (TPSA) is 21.3 Å². The smallest absolute Gasteiger partial charge is 0.124 e. The molecule has 0 aromatic heterocycles. The first kappa shape index (κ1) is 14.4. The lowest BCUT2D eigenvalue weighted by Crippen LogP contribution is -2.32. The molecule has 96 valence electrons. The Bertz CT molecular complexity index is 340. The van der Waals surface area contributed by atoms with Gasteiger partial charge >= 0.3 is 0 Å². The molecular weight excluding hydrogens is 241 g/mol. The molecule has 0 fully saturated rings. The highest BCUT2D eigenvalue weighted by Crippen LogP contribution is 2.17. The van der Waals surface area contributed by atoms with Gasteiger partial charge in [0.15, 0.2) is 0 Å². The molecule has 1 unspecified atom stereocenters. The van der Waals surface area contributed by atoms with E-state index in [9.17, 15) is 4.39 Å². The Hall–Kier alpha value is -0.640. The first-order chi connectivity index (χ1) is 8.17. The zero-order valence-corrected chi connectivity index (χ0v) is 11.1. The van der Waals surface area contributed by atoms with E-state index in [0.29, 0.717) is 24.2 Å². The van der Waals surface area contributed by atoms with E-state index in [0.717, 1.165) is 18.4 Å². The fraction of sp³-hybridized carbons (Fsp3) is 0.538. The van der Waals surface area contributed by atoms with Gasteiger partial charge in [0.2, 0.25) is 0 Å². The lowest BCUT2D eigenvalue weighted by atomic mass is 10.1. The number of hydrogen-bond donors (Lipinski definition) is 1. The van der Waals surface area contributed by atoms with Crippen molar-refractivity contribution in [2.24, 2.45) is 0 Å². The number of benzene rings is 1. The molecule has 0 heterocycles. The van der Waals surface area contributed by atoms with E-state index >= 15 is 0 Å². The van der Waals surface area contributed by atoms with Gasteiger partial charge in [-0.05, 0) is 24.1 Å². The minimum absolute atomic E-state index is 0.305. The van der Waals surface area contributed by atoms with Gasteiger partial charge in [-0.1, -0.05) is 31.0 Å². The van der Waals surface area contributed by atoms with Crippen molar-refractivity contribution in [3.63, 3.8) is 0 Å². The van der Waals surface area contributed by atoms with E-state index in [4.69, 9.17) is 16.3 Å². The molecule has 0 amide bonds. The Morgan fingerprint density at radius 3 is 2.82 bits per heavy atom. The van der Waals surface area contributed by atoms with E-state index in [-0.39, 0.29) is 5.82 Å². The number of ether oxygens (including phenoxy) is 1. The molecule has 1 aromatic rings. The predicted octanol–water partition coefficient (Wildman–Crippen LogP) is 3.38. The first-order valence-corrected chi connectivity index (χ1v) is 6.21. The Morgan fingerprint density at radius 1 is 1.47 bits per heavy atom.